The van der Waals surface area contributed by atoms with E-state index in [1.54, 1.807) is 0 Å². The molecule has 0 aliphatic carbocycles. The predicted octanol–water partition coefficient (Wildman–Crippen LogP) is 3.44. The largest absolute Gasteiger partial charge is 0.463 e. The van der Waals surface area contributed by atoms with Crippen LogP contribution in [0.25, 0.3) is 0 Å². The van der Waals surface area contributed by atoms with Crippen LogP contribution in [0.1, 0.15) is 78.1 Å². The average molecular weight is 302 g/mol. The Morgan fingerprint density at radius 3 is 2.00 bits per heavy atom. The Labute approximate surface area is 129 Å². The lowest BCUT2D eigenvalue weighted by molar-refractivity contribution is -0.147. The van der Waals surface area contributed by atoms with Crippen LogP contribution in [0.15, 0.2) is 0 Å². The van der Waals surface area contributed by atoms with Crippen molar-refractivity contribution >= 4 is 5.97 Å². The van der Waals surface area contributed by atoms with Gasteiger partial charge in [-0.05, 0) is 12.3 Å². The summed E-state index contributed by atoms with van der Waals surface area (Å²) in [5, 5.41) is 17.6. The molecule has 0 bridgehead atoms. The molecule has 4 nitrogen and oxygen atoms in total. The van der Waals surface area contributed by atoms with E-state index < -0.39 is 6.10 Å². The van der Waals surface area contributed by atoms with E-state index in [0.717, 1.165) is 18.8 Å². The molecule has 0 aliphatic heterocycles. The van der Waals surface area contributed by atoms with Crippen molar-refractivity contribution in [3.05, 3.63) is 0 Å². The third kappa shape index (κ3) is 15.6. The van der Waals surface area contributed by atoms with Gasteiger partial charge in [-0.2, -0.15) is 0 Å². The van der Waals surface area contributed by atoms with Crippen LogP contribution in [-0.4, -0.2) is 35.5 Å². The van der Waals surface area contributed by atoms with Crippen molar-refractivity contribution in [2.75, 3.05) is 13.2 Å². The van der Waals surface area contributed by atoms with Gasteiger partial charge in [0.25, 0.3) is 0 Å². The third-order valence-electron chi connectivity index (χ3n) is 3.56. The number of aliphatic hydroxyl groups is 2. The lowest BCUT2D eigenvalue weighted by atomic mass is 10.0. The van der Waals surface area contributed by atoms with Crippen molar-refractivity contribution < 1.29 is 19.7 Å². The molecule has 0 aromatic carbocycles. The maximum Gasteiger partial charge on any atom is 0.305 e. The molecule has 0 saturated carbocycles. The first-order valence-electron chi connectivity index (χ1n) is 8.50. The van der Waals surface area contributed by atoms with E-state index >= 15 is 0 Å². The number of unbranched alkanes of at least 4 members (excludes halogenated alkanes) is 7. The SMILES string of the molecule is CC(C)CCCCCCCCCCC(=O)OC[C@H](O)CO. The molecule has 0 spiro atoms. The monoisotopic (exact) mass is 302 g/mol. The van der Waals surface area contributed by atoms with Crippen molar-refractivity contribution in [3.63, 3.8) is 0 Å². The summed E-state index contributed by atoms with van der Waals surface area (Å²) >= 11 is 0. The van der Waals surface area contributed by atoms with E-state index in [4.69, 9.17) is 14.9 Å². The molecular weight excluding hydrogens is 268 g/mol. The maximum absolute atomic E-state index is 11.3. The number of hydrogen-bond donors (Lipinski definition) is 2. The Kier molecular flexibility index (Phi) is 13.9. The summed E-state index contributed by atoms with van der Waals surface area (Å²) in [6.07, 6.45) is 10.5. The molecule has 0 radical (unpaired) electrons. The van der Waals surface area contributed by atoms with Gasteiger partial charge >= 0.3 is 5.97 Å². The fraction of sp³-hybridized carbons (Fsp3) is 0.941. The highest BCUT2D eigenvalue weighted by atomic mass is 16.5. The molecular formula is C17H34O4. The first-order chi connectivity index (χ1) is 10.1. The second kappa shape index (κ2) is 14.3. The van der Waals surface area contributed by atoms with Crippen LogP contribution < -0.4 is 0 Å². The van der Waals surface area contributed by atoms with Gasteiger partial charge in [-0.25, -0.2) is 0 Å². The Bertz CT molecular complexity index is 241. The summed E-state index contributed by atoms with van der Waals surface area (Å²) < 4.78 is 4.84. The summed E-state index contributed by atoms with van der Waals surface area (Å²) in [6.45, 7) is 4.07. The van der Waals surface area contributed by atoms with E-state index in [1.165, 1.54) is 44.9 Å². The molecule has 21 heavy (non-hydrogen) atoms. The molecule has 0 aliphatic rings. The van der Waals surface area contributed by atoms with Crippen LogP contribution in [-0.2, 0) is 9.53 Å². The zero-order valence-corrected chi connectivity index (χ0v) is 13.9. The predicted molar refractivity (Wildman–Crippen MR) is 85.1 cm³/mol. The number of carbonyl (C=O) groups is 1. The molecule has 0 rings (SSSR count). The Hall–Kier alpha value is -0.610. The van der Waals surface area contributed by atoms with Gasteiger partial charge in [0.2, 0.25) is 0 Å². The lowest BCUT2D eigenvalue weighted by Gasteiger charge is -2.08. The molecule has 126 valence electrons. The van der Waals surface area contributed by atoms with Crippen molar-refractivity contribution in [1.29, 1.82) is 0 Å². The van der Waals surface area contributed by atoms with Crippen LogP contribution in [0.4, 0.5) is 0 Å². The Balaban J connectivity index is 3.19. The quantitative estimate of drug-likeness (QED) is 0.381. The Morgan fingerprint density at radius 1 is 0.952 bits per heavy atom. The normalized spacial score (nSPS) is 12.6. The summed E-state index contributed by atoms with van der Waals surface area (Å²) in [5.74, 6) is 0.541. The van der Waals surface area contributed by atoms with E-state index in [0.29, 0.717) is 6.42 Å². The summed E-state index contributed by atoms with van der Waals surface area (Å²) in [7, 11) is 0. The topological polar surface area (TPSA) is 66.8 Å². The molecule has 0 aromatic rings. The lowest BCUT2D eigenvalue weighted by Crippen LogP contribution is -2.21. The van der Waals surface area contributed by atoms with Gasteiger partial charge in [-0.1, -0.05) is 65.2 Å². The summed E-state index contributed by atoms with van der Waals surface area (Å²) in [4.78, 5) is 11.3. The molecule has 0 amide bonds. The summed E-state index contributed by atoms with van der Waals surface area (Å²) in [6, 6.07) is 0. The second-order valence-electron chi connectivity index (χ2n) is 6.28. The minimum absolute atomic E-state index is 0.105. The third-order valence-corrected chi connectivity index (χ3v) is 3.56. The highest BCUT2D eigenvalue weighted by molar-refractivity contribution is 5.69. The van der Waals surface area contributed by atoms with Gasteiger partial charge in [-0.3, -0.25) is 4.79 Å². The zero-order chi connectivity index (χ0) is 15.9. The van der Waals surface area contributed by atoms with Crippen LogP contribution in [0.5, 0.6) is 0 Å². The van der Waals surface area contributed by atoms with Crippen LogP contribution in [0.2, 0.25) is 0 Å². The van der Waals surface area contributed by atoms with Gasteiger partial charge in [0.1, 0.15) is 12.7 Å². The minimum Gasteiger partial charge on any atom is -0.463 e. The van der Waals surface area contributed by atoms with Gasteiger partial charge < -0.3 is 14.9 Å². The number of aliphatic hydroxyl groups excluding tert-OH is 2. The van der Waals surface area contributed by atoms with E-state index in [9.17, 15) is 4.79 Å². The standard InChI is InChI=1S/C17H34O4/c1-15(2)11-9-7-5-3-4-6-8-10-12-17(20)21-14-16(19)13-18/h15-16,18-19H,3-14H2,1-2H3/t16-/m1/s1. The molecule has 0 saturated heterocycles. The van der Waals surface area contributed by atoms with E-state index in [-0.39, 0.29) is 19.2 Å². The molecule has 0 aromatic heterocycles. The number of ether oxygens (including phenoxy) is 1. The number of hydrogen-bond acceptors (Lipinski definition) is 4. The van der Waals surface area contributed by atoms with Gasteiger partial charge in [-0.15, -0.1) is 0 Å². The molecule has 0 unspecified atom stereocenters. The van der Waals surface area contributed by atoms with Gasteiger partial charge in [0.15, 0.2) is 0 Å². The molecule has 4 heteroatoms. The molecule has 2 N–H and O–H groups in total. The number of carbonyl (C=O) groups excluding carboxylic acids is 1. The Morgan fingerprint density at radius 2 is 1.48 bits per heavy atom. The zero-order valence-electron chi connectivity index (χ0n) is 13.9. The van der Waals surface area contributed by atoms with Crippen molar-refractivity contribution in [2.45, 2.75) is 84.2 Å². The van der Waals surface area contributed by atoms with Crippen molar-refractivity contribution in [2.24, 2.45) is 5.92 Å². The smallest absolute Gasteiger partial charge is 0.305 e. The van der Waals surface area contributed by atoms with Crippen LogP contribution in [0.3, 0.4) is 0 Å². The molecule has 0 fully saturated rings. The van der Waals surface area contributed by atoms with Crippen molar-refractivity contribution in [1.82, 2.24) is 0 Å². The van der Waals surface area contributed by atoms with Gasteiger partial charge in [0, 0.05) is 6.42 Å². The second-order valence-corrected chi connectivity index (χ2v) is 6.28. The van der Waals surface area contributed by atoms with Crippen LogP contribution >= 0.6 is 0 Å². The average Bonchev–Trinajstić information content (AvgIpc) is 2.46. The fourth-order valence-corrected chi connectivity index (χ4v) is 2.20. The minimum atomic E-state index is -0.954. The number of esters is 1. The first-order valence-corrected chi connectivity index (χ1v) is 8.50. The molecule has 1 atom stereocenters. The molecule has 0 heterocycles. The maximum atomic E-state index is 11.3. The summed E-state index contributed by atoms with van der Waals surface area (Å²) in [5.41, 5.74) is 0. The fourth-order valence-electron chi connectivity index (χ4n) is 2.20. The highest BCUT2D eigenvalue weighted by Gasteiger charge is 2.07. The van der Waals surface area contributed by atoms with E-state index in [1.807, 2.05) is 0 Å². The van der Waals surface area contributed by atoms with Crippen molar-refractivity contribution in [3.8, 4) is 0 Å². The van der Waals surface area contributed by atoms with Gasteiger partial charge in [0.05, 0.1) is 6.61 Å². The number of rotatable bonds is 14. The van der Waals surface area contributed by atoms with E-state index in [2.05, 4.69) is 13.8 Å². The van der Waals surface area contributed by atoms with Crippen LogP contribution in [0, 0.1) is 5.92 Å². The first kappa shape index (κ1) is 20.4. The highest BCUT2D eigenvalue weighted by Crippen LogP contribution is 2.13.